The van der Waals surface area contributed by atoms with Crippen molar-refractivity contribution >= 4 is 51.6 Å². The van der Waals surface area contributed by atoms with Gasteiger partial charge < -0.3 is 14.4 Å². The maximum absolute atomic E-state index is 12.3. The van der Waals surface area contributed by atoms with E-state index in [1.165, 1.54) is 13.2 Å². The highest BCUT2D eigenvalue weighted by Gasteiger charge is 2.11. The lowest BCUT2D eigenvalue weighted by Crippen LogP contribution is -2.17. The van der Waals surface area contributed by atoms with Gasteiger partial charge in [0.2, 0.25) is 0 Å². The fourth-order valence-electron chi connectivity index (χ4n) is 3.50. The van der Waals surface area contributed by atoms with Crippen LogP contribution in [0.5, 0.6) is 5.75 Å². The van der Waals surface area contributed by atoms with E-state index in [9.17, 15) is 14.7 Å². The number of rotatable bonds is 6. The van der Waals surface area contributed by atoms with E-state index in [0.717, 1.165) is 22.0 Å². The van der Waals surface area contributed by atoms with Gasteiger partial charge in [-0.25, -0.2) is 10.2 Å². The summed E-state index contributed by atoms with van der Waals surface area (Å²) >= 11 is 1.99. The minimum atomic E-state index is -0.415. The molecule has 7 nitrogen and oxygen atoms in total. The third-order valence-electron chi connectivity index (χ3n) is 5.10. The van der Waals surface area contributed by atoms with E-state index in [1.807, 2.05) is 71.3 Å². The minimum Gasteiger partial charge on any atom is -0.507 e. The van der Waals surface area contributed by atoms with Gasteiger partial charge in [-0.05, 0) is 64.6 Å². The number of amides is 1. The number of fused-ring (bicyclic) bond motifs is 1. The number of methoxy groups -OCH3 is 1. The Hall–Kier alpha value is -3.66. The number of nitrogens with zero attached hydrogens (tertiary/aromatic N) is 2. The van der Waals surface area contributed by atoms with Crippen LogP contribution in [0.1, 0.15) is 31.8 Å². The maximum atomic E-state index is 12.3. The second-order valence-corrected chi connectivity index (χ2v) is 8.45. The Labute approximate surface area is 203 Å². The van der Waals surface area contributed by atoms with Gasteiger partial charge in [-0.3, -0.25) is 4.79 Å². The Kier molecular flexibility index (Phi) is 6.74. The molecule has 4 rings (SSSR count). The van der Waals surface area contributed by atoms with Crippen molar-refractivity contribution in [1.29, 1.82) is 0 Å². The lowest BCUT2D eigenvalue weighted by molar-refractivity contribution is 0.0600. The molecule has 0 aliphatic rings. The number of carbonyl (C=O) groups excluding carboxylic acids is 2. The molecule has 0 atom stereocenters. The number of hydrogen-bond donors (Lipinski definition) is 2. The van der Waals surface area contributed by atoms with Crippen LogP contribution in [0.3, 0.4) is 0 Å². The van der Waals surface area contributed by atoms with E-state index in [1.54, 1.807) is 24.4 Å². The van der Waals surface area contributed by atoms with E-state index in [-0.39, 0.29) is 11.7 Å². The molecule has 0 fully saturated rings. The van der Waals surface area contributed by atoms with Crippen LogP contribution >= 0.6 is 22.6 Å². The first kappa shape index (κ1) is 22.5. The van der Waals surface area contributed by atoms with E-state index >= 15 is 0 Å². The summed E-state index contributed by atoms with van der Waals surface area (Å²) in [5.74, 6) is -0.743. The SMILES string of the molecule is COC(=O)c1cccc(Cn2cc(/C=N\NC(=O)c3ccc(I)c(O)c3)c3ccccc32)c1. The molecule has 0 radical (unpaired) electrons. The molecule has 1 aromatic heterocycles. The fourth-order valence-corrected chi connectivity index (χ4v) is 3.83. The van der Waals surface area contributed by atoms with Crippen LogP contribution in [0.4, 0.5) is 0 Å². The summed E-state index contributed by atoms with van der Waals surface area (Å²) in [6.45, 7) is 0.549. The van der Waals surface area contributed by atoms with E-state index in [4.69, 9.17) is 4.74 Å². The second kappa shape index (κ2) is 9.86. The van der Waals surface area contributed by atoms with Crippen LogP contribution in [0.2, 0.25) is 0 Å². The second-order valence-electron chi connectivity index (χ2n) is 7.29. The molecule has 33 heavy (non-hydrogen) atoms. The first-order valence-electron chi connectivity index (χ1n) is 10.0. The number of aromatic nitrogens is 1. The van der Waals surface area contributed by atoms with Crippen molar-refractivity contribution in [2.24, 2.45) is 5.10 Å². The zero-order valence-corrected chi connectivity index (χ0v) is 19.8. The first-order valence-corrected chi connectivity index (χ1v) is 11.1. The fraction of sp³-hybridized carbons (Fsp3) is 0.0800. The summed E-state index contributed by atoms with van der Waals surface area (Å²) in [4.78, 5) is 24.2. The molecule has 0 unspecified atom stereocenters. The van der Waals surface area contributed by atoms with Gasteiger partial charge in [-0.1, -0.05) is 30.3 Å². The van der Waals surface area contributed by atoms with Gasteiger partial charge in [0, 0.05) is 34.8 Å². The van der Waals surface area contributed by atoms with Crippen molar-refractivity contribution in [3.05, 3.63) is 98.8 Å². The highest BCUT2D eigenvalue weighted by atomic mass is 127. The summed E-state index contributed by atoms with van der Waals surface area (Å²) in [6.07, 6.45) is 3.54. The number of hydrogen-bond acceptors (Lipinski definition) is 5. The van der Waals surface area contributed by atoms with Crippen molar-refractivity contribution in [3.8, 4) is 5.75 Å². The molecule has 4 aromatic rings. The number of hydrazone groups is 1. The number of ether oxygens (including phenoxy) is 1. The van der Waals surface area contributed by atoms with Crippen LogP contribution in [-0.2, 0) is 11.3 Å². The molecule has 0 aliphatic carbocycles. The average Bonchev–Trinajstić information content (AvgIpc) is 3.17. The molecule has 0 saturated heterocycles. The zero-order valence-electron chi connectivity index (χ0n) is 17.7. The van der Waals surface area contributed by atoms with E-state index < -0.39 is 5.91 Å². The van der Waals surface area contributed by atoms with Crippen LogP contribution in [0, 0.1) is 3.57 Å². The Bertz CT molecular complexity index is 1380. The molecule has 8 heteroatoms. The summed E-state index contributed by atoms with van der Waals surface area (Å²) in [5, 5.41) is 14.9. The van der Waals surface area contributed by atoms with Crippen molar-refractivity contribution in [2.45, 2.75) is 6.54 Å². The summed E-state index contributed by atoms with van der Waals surface area (Å²) < 4.78 is 7.54. The number of esters is 1. The van der Waals surface area contributed by atoms with Gasteiger partial charge in [0.15, 0.2) is 0 Å². The lowest BCUT2D eigenvalue weighted by atomic mass is 10.1. The van der Waals surface area contributed by atoms with Gasteiger partial charge in [0.25, 0.3) is 5.91 Å². The number of benzene rings is 3. The van der Waals surface area contributed by atoms with Gasteiger partial charge in [-0.15, -0.1) is 0 Å². The quantitative estimate of drug-likeness (QED) is 0.159. The van der Waals surface area contributed by atoms with E-state index in [2.05, 4.69) is 15.1 Å². The van der Waals surface area contributed by atoms with Gasteiger partial charge in [0.05, 0.1) is 22.5 Å². The Morgan fingerprint density at radius 1 is 1.09 bits per heavy atom. The smallest absolute Gasteiger partial charge is 0.337 e. The Morgan fingerprint density at radius 3 is 2.70 bits per heavy atom. The van der Waals surface area contributed by atoms with Crippen LogP contribution < -0.4 is 5.43 Å². The number of phenolic OH excluding ortho intramolecular Hbond substituents is 1. The predicted octanol–water partition coefficient (Wildman–Crippen LogP) is 4.55. The topological polar surface area (TPSA) is 92.9 Å². The van der Waals surface area contributed by atoms with Crippen LogP contribution in [-0.4, -0.2) is 34.9 Å². The molecule has 0 saturated carbocycles. The standard InChI is InChI=1S/C25H20IN3O4/c1-33-25(32)18-6-4-5-16(11-18)14-29-15-19(20-7-2-3-8-22(20)29)13-27-28-24(31)17-9-10-21(26)23(30)12-17/h2-13,15,30H,14H2,1H3,(H,28,31)/b27-13-. The van der Waals surface area contributed by atoms with Gasteiger partial charge in [0.1, 0.15) is 5.75 Å². The third kappa shape index (κ3) is 5.06. The highest BCUT2D eigenvalue weighted by molar-refractivity contribution is 14.1. The largest absolute Gasteiger partial charge is 0.507 e. The molecule has 0 aliphatic heterocycles. The first-order chi connectivity index (χ1) is 16.0. The predicted molar refractivity (Wildman–Crippen MR) is 135 cm³/mol. The third-order valence-corrected chi connectivity index (χ3v) is 6.01. The highest BCUT2D eigenvalue weighted by Crippen LogP contribution is 2.22. The Morgan fingerprint density at radius 2 is 1.91 bits per heavy atom. The Balaban J connectivity index is 1.56. The molecule has 2 N–H and O–H groups in total. The lowest BCUT2D eigenvalue weighted by Gasteiger charge is -2.07. The normalized spacial score (nSPS) is 11.1. The van der Waals surface area contributed by atoms with Gasteiger partial charge in [-0.2, -0.15) is 5.10 Å². The molecule has 1 amide bonds. The number of aromatic hydroxyl groups is 1. The van der Waals surface area contributed by atoms with Crippen molar-refractivity contribution < 1.29 is 19.4 Å². The van der Waals surface area contributed by atoms with Crippen LogP contribution in [0.15, 0.2) is 78.0 Å². The molecule has 0 bridgehead atoms. The number of nitrogens with one attached hydrogen (secondary N) is 1. The van der Waals surface area contributed by atoms with Crippen LogP contribution in [0.25, 0.3) is 10.9 Å². The average molecular weight is 553 g/mol. The van der Waals surface area contributed by atoms with Gasteiger partial charge >= 0.3 is 5.97 Å². The maximum Gasteiger partial charge on any atom is 0.337 e. The molecule has 166 valence electrons. The molecule has 1 heterocycles. The monoisotopic (exact) mass is 553 g/mol. The zero-order chi connectivity index (χ0) is 23.4. The minimum absolute atomic E-state index is 0.0477. The summed E-state index contributed by atoms with van der Waals surface area (Å²) in [7, 11) is 1.36. The number of para-hydroxylation sites is 1. The number of carbonyl (C=O) groups is 2. The number of halogens is 1. The van der Waals surface area contributed by atoms with Crippen molar-refractivity contribution in [3.63, 3.8) is 0 Å². The molecular weight excluding hydrogens is 533 g/mol. The summed E-state index contributed by atoms with van der Waals surface area (Å²) in [5.41, 5.74) is 6.10. The van der Waals surface area contributed by atoms with Crippen molar-refractivity contribution in [1.82, 2.24) is 9.99 Å². The van der Waals surface area contributed by atoms with E-state index in [0.29, 0.717) is 21.2 Å². The summed E-state index contributed by atoms with van der Waals surface area (Å²) in [6, 6.07) is 19.9. The van der Waals surface area contributed by atoms with Crippen molar-refractivity contribution in [2.75, 3.05) is 7.11 Å². The molecule has 0 spiro atoms. The number of phenols is 1. The molecular formula is C25H20IN3O4. The molecule has 3 aromatic carbocycles.